The van der Waals surface area contributed by atoms with Crippen molar-refractivity contribution in [3.63, 3.8) is 0 Å². The van der Waals surface area contributed by atoms with Gasteiger partial charge in [0.15, 0.2) is 11.5 Å². The molecule has 0 radical (unpaired) electrons. The third kappa shape index (κ3) is 2.00. The van der Waals surface area contributed by atoms with Gasteiger partial charge in [-0.1, -0.05) is 30.3 Å². The molecule has 0 saturated heterocycles. The van der Waals surface area contributed by atoms with Crippen molar-refractivity contribution in [3.8, 4) is 17.2 Å². The van der Waals surface area contributed by atoms with E-state index in [2.05, 4.69) is 22.2 Å². The van der Waals surface area contributed by atoms with E-state index in [1.54, 1.807) is 15.4 Å². The highest BCUT2D eigenvalue weighted by atomic mass is 16.1. The topological polar surface area (TPSA) is 68.5 Å². The fourth-order valence-electron chi connectivity index (χ4n) is 4.22. The Kier molecular flexibility index (Phi) is 2.98. The summed E-state index contributed by atoms with van der Waals surface area (Å²) in [5.41, 5.74) is 5.82. The van der Waals surface area contributed by atoms with Gasteiger partial charge in [0.1, 0.15) is 5.39 Å². The Morgan fingerprint density at radius 1 is 1.07 bits per heavy atom. The number of para-hydroxylation sites is 1. The van der Waals surface area contributed by atoms with Crippen molar-refractivity contribution < 1.29 is 0 Å². The van der Waals surface area contributed by atoms with Crippen LogP contribution in [0.25, 0.3) is 39.1 Å². The van der Waals surface area contributed by atoms with Crippen LogP contribution in [-0.2, 0) is 13.0 Å². The summed E-state index contributed by atoms with van der Waals surface area (Å²) in [6.07, 6.45) is 2.44. The van der Waals surface area contributed by atoms with Gasteiger partial charge in [0.25, 0.3) is 5.56 Å². The summed E-state index contributed by atoms with van der Waals surface area (Å²) >= 11 is 0. The first kappa shape index (κ1) is 15.4. The average molecular weight is 367 g/mol. The average Bonchev–Trinajstić information content (AvgIpc) is 3.30. The Balaban J connectivity index is 1.67. The molecule has 1 aliphatic heterocycles. The van der Waals surface area contributed by atoms with E-state index in [0.717, 1.165) is 28.9 Å². The first-order valence-electron chi connectivity index (χ1n) is 9.36. The van der Waals surface area contributed by atoms with Crippen molar-refractivity contribution in [3.05, 3.63) is 76.2 Å². The van der Waals surface area contributed by atoms with Crippen molar-refractivity contribution in [2.45, 2.75) is 19.9 Å². The molecule has 0 bridgehead atoms. The molecular weight excluding hydrogens is 350 g/mol. The summed E-state index contributed by atoms with van der Waals surface area (Å²) in [6.45, 7) is 2.66. The Morgan fingerprint density at radius 2 is 1.96 bits per heavy atom. The molecular formula is C22H17N5O. The van der Waals surface area contributed by atoms with Gasteiger partial charge < -0.3 is 4.98 Å². The van der Waals surface area contributed by atoms with Crippen LogP contribution in [0.2, 0.25) is 0 Å². The Bertz CT molecular complexity index is 1450. The highest BCUT2D eigenvalue weighted by molar-refractivity contribution is 5.91. The fraction of sp³-hybridized carbons (Fsp3) is 0.136. The van der Waals surface area contributed by atoms with E-state index in [4.69, 9.17) is 4.98 Å². The molecule has 0 saturated carbocycles. The number of aryl methyl sites for hydroxylation is 2. The Hall–Kier alpha value is -3.67. The fourth-order valence-corrected chi connectivity index (χ4v) is 4.22. The van der Waals surface area contributed by atoms with Crippen LogP contribution in [0.1, 0.15) is 11.1 Å². The number of hydrogen-bond donors (Lipinski definition) is 1. The van der Waals surface area contributed by atoms with Crippen LogP contribution in [-0.4, -0.2) is 24.3 Å². The maximum Gasteiger partial charge on any atom is 0.264 e. The van der Waals surface area contributed by atoms with Crippen LogP contribution < -0.4 is 5.56 Å². The third-order valence-electron chi connectivity index (χ3n) is 5.56. The summed E-state index contributed by atoms with van der Waals surface area (Å²) in [6, 6.07) is 16.3. The number of aromatic amines is 1. The van der Waals surface area contributed by atoms with Gasteiger partial charge in [-0.05, 0) is 42.7 Å². The quantitative estimate of drug-likeness (QED) is 0.492. The van der Waals surface area contributed by atoms with Crippen LogP contribution in [0.4, 0.5) is 0 Å². The van der Waals surface area contributed by atoms with Gasteiger partial charge in [-0.15, -0.1) is 0 Å². The normalized spacial score (nSPS) is 13.0. The van der Waals surface area contributed by atoms with E-state index in [1.165, 1.54) is 10.9 Å². The number of benzene rings is 2. The number of H-pyrrole nitrogens is 1. The van der Waals surface area contributed by atoms with Crippen LogP contribution in [0.5, 0.6) is 0 Å². The first-order chi connectivity index (χ1) is 13.7. The van der Waals surface area contributed by atoms with Gasteiger partial charge in [-0.2, -0.15) is 5.10 Å². The number of aromatic nitrogens is 5. The number of nitrogens with zero attached hydrogens (tertiary/aromatic N) is 4. The lowest BCUT2D eigenvalue weighted by molar-refractivity contribution is 0.652. The van der Waals surface area contributed by atoms with Gasteiger partial charge in [-0.3, -0.25) is 9.36 Å². The zero-order valence-corrected chi connectivity index (χ0v) is 15.3. The van der Waals surface area contributed by atoms with Gasteiger partial charge in [0, 0.05) is 17.4 Å². The molecule has 3 aromatic heterocycles. The highest BCUT2D eigenvalue weighted by Crippen LogP contribution is 2.33. The van der Waals surface area contributed by atoms with Gasteiger partial charge in [0.05, 0.1) is 17.6 Å². The van der Waals surface area contributed by atoms with E-state index in [-0.39, 0.29) is 5.56 Å². The Morgan fingerprint density at radius 3 is 2.86 bits per heavy atom. The third-order valence-corrected chi connectivity index (χ3v) is 5.56. The molecule has 0 unspecified atom stereocenters. The van der Waals surface area contributed by atoms with E-state index in [0.29, 0.717) is 23.4 Å². The predicted molar refractivity (Wildman–Crippen MR) is 109 cm³/mol. The van der Waals surface area contributed by atoms with E-state index < -0.39 is 0 Å². The molecule has 5 aromatic rings. The summed E-state index contributed by atoms with van der Waals surface area (Å²) in [5, 5.41) is 6.21. The molecule has 0 fully saturated rings. The number of hydrogen-bond acceptors (Lipinski definition) is 3. The number of fused-ring (bicyclic) bond motifs is 6. The van der Waals surface area contributed by atoms with Gasteiger partial charge in [-0.25, -0.2) is 9.67 Å². The summed E-state index contributed by atoms with van der Waals surface area (Å²) < 4.78 is 3.52. The highest BCUT2D eigenvalue weighted by Gasteiger charge is 2.25. The van der Waals surface area contributed by atoms with E-state index in [9.17, 15) is 4.79 Å². The minimum Gasteiger partial charge on any atom is -0.352 e. The zero-order chi connectivity index (χ0) is 18.8. The lowest BCUT2D eigenvalue weighted by Gasteiger charge is -2.18. The molecule has 0 aliphatic carbocycles. The maximum absolute atomic E-state index is 13.2. The second-order valence-electron chi connectivity index (χ2n) is 7.30. The van der Waals surface area contributed by atoms with Crippen LogP contribution in [0, 0.1) is 6.92 Å². The smallest absolute Gasteiger partial charge is 0.264 e. The van der Waals surface area contributed by atoms with Crippen molar-refractivity contribution in [1.82, 2.24) is 24.3 Å². The van der Waals surface area contributed by atoms with Crippen molar-refractivity contribution in [2.75, 3.05) is 0 Å². The second kappa shape index (κ2) is 5.42. The molecule has 6 heteroatoms. The van der Waals surface area contributed by atoms with Crippen molar-refractivity contribution in [1.29, 1.82) is 0 Å². The van der Waals surface area contributed by atoms with Gasteiger partial charge in [0.2, 0.25) is 0 Å². The lowest BCUT2D eigenvalue weighted by atomic mass is 10.0. The minimum atomic E-state index is -0.0387. The van der Waals surface area contributed by atoms with Crippen LogP contribution in [0.15, 0.2) is 59.5 Å². The molecule has 1 aliphatic rings. The molecule has 0 amide bonds. The minimum absolute atomic E-state index is 0.0387. The summed E-state index contributed by atoms with van der Waals surface area (Å²) in [4.78, 5) is 21.5. The second-order valence-corrected chi connectivity index (χ2v) is 7.30. The standard InChI is InChI=1S/C22H17N5O/c1-13-5-4-6-14(11-13)27-20-17(12-23-27)22(28)26-10-9-16-15-7-2-3-8-18(15)24-19(16)21(26)25-20/h2-8,11-12,24H,9-10H2,1H3. The largest absolute Gasteiger partial charge is 0.352 e. The van der Waals surface area contributed by atoms with Crippen molar-refractivity contribution in [2.24, 2.45) is 0 Å². The van der Waals surface area contributed by atoms with Crippen molar-refractivity contribution >= 4 is 21.9 Å². The SMILES string of the molecule is Cc1cccc(-n2ncc3c(=O)n4c(nc32)-c2[nH]c3ccccc3c2CC4)c1. The lowest BCUT2D eigenvalue weighted by Crippen LogP contribution is -2.27. The molecule has 4 heterocycles. The molecule has 6 nitrogen and oxygen atoms in total. The predicted octanol–water partition coefficient (Wildman–Crippen LogP) is 3.60. The molecule has 136 valence electrons. The summed E-state index contributed by atoms with van der Waals surface area (Å²) in [7, 11) is 0. The van der Waals surface area contributed by atoms with E-state index >= 15 is 0 Å². The zero-order valence-electron chi connectivity index (χ0n) is 15.3. The Labute approximate surface area is 160 Å². The molecule has 2 aromatic carbocycles. The molecule has 28 heavy (non-hydrogen) atoms. The van der Waals surface area contributed by atoms with Gasteiger partial charge >= 0.3 is 0 Å². The maximum atomic E-state index is 13.2. The summed E-state index contributed by atoms with van der Waals surface area (Å²) in [5.74, 6) is 0.685. The molecule has 1 N–H and O–H groups in total. The monoisotopic (exact) mass is 367 g/mol. The van der Waals surface area contributed by atoms with Crippen LogP contribution in [0.3, 0.4) is 0 Å². The molecule has 6 rings (SSSR count). The van der Waals surface area contributed by atoms with Crippen LogP contribution >= 0.6 is 0 Å². The van der Waals surface area contributed by atoms with E-state index in [1.807, 2.05) is 43.3 Å². The molecule has 0 atom stereocenters. The molecule has 0 spiro atoms. The number of nitrogens with one attached hydrogen (secondary N) is 1. The first-order valence-corrected chi connectivity index (χ1v) is 9.36. The number of rotatable bonds is 1.